The Balaban J connectivity index is 1.79. The maximum absolute atomic E-state index is 14.2. The van der Waals surface area contributed by atoms with Gasteiger partial charge in [0.1, 0.15) is 11.7 Å². The van der Waals surface area contributed by atoms with Gasteiger partial charge < -0.3 is 25.5 Å². The molecule has 1 saturated heterocycles. The second-order valence-corrected chi connectivity index (χ2v) is 9.99. The van der Waals surface area contributed by atoms with Gasteiger partial charge in [0, 0.05) is 25.2 Å². The zero-order chi connectivity index (χ0) is 24.5. The van der Waals surface area contributed by atoms with Gasteiger partial charge in [-0.3, -0.25) is 0 Å². The number of imidazole rings is 1. The third-order valence-electron chi connectivity index (χ3n) is 5.67. The van der Waals surface area contributed by atoms with E-state index in [2.05, 4.69) is 10.3 Å². The van der Waals surface area contributed by atoms with Crippen LogP contribution in [0.4, 0.5) is 4.39 Å². The van der Waals surface area contributed by atoms with Crippen molar-refractivity contribution in [2.24, 2.45) is 5.73 Å². The van der Waals surface area contributed by atoms with E-state index >= 15 is 0 Å². The molecule has 4 rings (SSSR count). The minimum absolute atomic E-state index is 0.00485. The topological polar surface area (TPSA) is 137 Å². The number of rotatable bonds is 7. The normalized spacial score (nSPS) is 17.3. The van der Waals surface area contributed by atoms with Crippen molar-refractivity contribution in [1.29, 1.82) is 0 Å². The number of nitrogens with two attached hydrogens (primary N) is 1. The molecule has 0 saturated carbocycles. The number of allylic oxidation sites excluding steroid dienone is 1. The lowest BCUT2D eigenvalue weighted by molar-refractivity contribution is 0.0697. The molecular weight excluding hydrogens is 463 g/mol. The third-order valence-corrected chi connectivity index (χ3v) is 7.60. The number of fused-ring (bicyclic) bond motifs is 1. The Labute approximate surface area is 196 Å². The molecule has 1 fully saturated rings. The molecule has 0 radical (unpaired) electrons. The minimum Gasteiger partial charge on any atom is -0.478 e. The fraction of sp³-hybridized carbons (Fsp3) is 0.304. The molecule has 11 heteroatoms. The summed E-state index contributed by atoms with van der Waals surface area (Å²) in [6.07, 6.45) is 1.25. The number of hydrogen-bond acceptors (Lipinski definition) is 7. The van der Waals surface area contributed by atoms with Gasteiger partial charge in [0.2, 0.25) is 9.84 Å². The highest BCUT2D eigenvalue weighted by molar-refractivity contribution is 7.92. The number of aromatic nitrogens is 2. The molecule has 2 aromatic carbocycles. The Morgan fingerprint density at radius 2 is 2.09 bits per heavy atom. The molecule has 1 aliphatic heterocycles. The van der Waals surface area contributed by atoms with E-state index in [0.29, 0.717) is 41.1 Å². The molecule has 0 amide bonds. The minimum atomic E-state index is -3.70. The number of sulfone groups is 1. The standard InChI is InChI=1S/C23H25FN4O5S/c1-14-27-22-19(10-16(23(29)30)11-20(22)28(14)13-17(24)6-7-25)15-2-4-18(5-3-15)34(31,32)21-12-26-8-9-33-21/h2-6,10-11,21,26H,7-9,12-13,25H2,1H3,(H,29,30)/b17-6-. The van der Waals surface area contributed by atoms with E-state index in [1.54, 1.807) is 23.6 Å². The molecule has 1 aliphatic rings. The number of halogens is 1. The van der Waals surface area contributed by atoms with E-state index in [1.807, 2.05) is 0 Å². The maximum atomic E-state index is 14.2. The number of hydrogen-bond donors (Lipinski definition) is 3. The van der Waals surface area contributed by atoms with Gasteiger partial charge in [0.05, 0.1) is 34.6 Å². The van der Waals surface area contributed by atoms with Crippen LogP contribution in [0.3, 0.4) is 0 Å². The van der Waals surface area contributed by atoms with Crippen molar-refractivity contribution >= 4 is 26.8 Å². The summed E-state index contributed by atoms with van der Waals surface area (Å²) in [5.41, 5.74) is 6.44. The van der Waals surface area contributed by atoms with Crippen LogP contribution in [0.15, 0.2) is 53.2 Å². The van der Waals surface area contributed by atoms with E-state index in [0.717, 1.165) is 0 Å². The number of nitrogens with one attached hydrogen (secondary N) is 1. The summed E-state index contributed by atoms with van der Waals surface area (Å²) in [4.78, 5) is 16.4. The van der Waals surface area contributed by atoms with Crippen LogP contribution in [-0.2, 0) is 21.1 Å². The van der Waals surface area contributed by atoms with Crippen molar-refractivity contribution in [3.8, 4) is 11.1 Å². The predicted molar refractivity (Wildman–Crippen MR) is 125 cm³/mol. The quantitative estimate of drug-likeness (QED) is 0.461. The Morgan fingerprint density at radius 1 is 1.35 bits per heavy atom. The predicted octanol–water partition coefficient (Wildman–Crippen LogP) is 2.24. The van der Waals surface area contributed by atoms with Crippen molar-refractivity contribution in [2.75, 3.05) is 26.2 Å². The first-order valence-corrected chi connectivity index (χ1v) is 12.2. The van der Waals surface area contributed by atoms with Crippen molar-refractivity contribution in [3.05, 3.63) is 59.7 Å². The van der Waals surface area contributed by atoms with Crippen molar-refractivity contribution in [3.63, 3.8) is 0 Å². The summed E-state index contributed by atoms with van der Waals surface area (Å²) in [5.74, 6) is -1.10. The summed E-state index contributed by atoms with van der Waals surface area (Å²) < 4.78 is 47.0. The van der Waals surface area contributed by atoms with E-state index in [4.69, 9.17) is 10.5 Å². The number of carboxylic acids is 1. The summed E-state index contributed by atoms with van der Waals surface area (Å²) in [6, 6.07) is 9.07. The number of carboxylic acid groups (broad SMARTS) is 1. The lowest BCUT2D eigenvalue weighted by Crippen LogP contribution is -2.42. The molecule has 4 N–H and O–H groups in total. The van der Waals surface area contributed by atoms with Gasteiger partial charge in [0.15, 0.2) is 5.44 Å². The summed E-state index contributed by atoms with van der Waals surface area (Å²) in [6.45, 7) is 2.73. The lowest BCUT2D eigenvalue weighted by Gasteiger charge is -2.23. The number of benzene rings is 2. The first kappa shape index (κ1) is 24.0. The SMILES string of the molecule is Cc1nc2c(-c3ccc(S(=O)(=O)C4CNCCO4)cc3)cc(C(=O)O)cc2n1C/C(F)=C/CN. The fourth-order valence-electron chi connectivity index (χ4n) is 3.94. The highest BCUT2D eigenvalue weighted by atomic mass is 32.2. The van der Waals surface area contributed by atoms with Gasteiger partial charge >= 0.3 is 5.97 Å². The summed E-state index contributed by atoms with van der Waals surface area (Å²) in [5, 5.41) is 12.6. The molecule has 1 aromatic heterocycles. The third kappa shape index (κ3) is 4.60. The van der Waals surface area contributed by atoms with E-state index in [-0.39, 0.29) is 30.1 Å². The van der Waals surface area contributed by atoms with E-state index in [1.165, 1.54) is 30.3 Å². The number of ether oxygens (including phenoxy) is 1. The molecule has 3 aromatic rings. The first-order valence-electron chi connectivity index (χ1n) is 10.7. The summed E-state index contributed by atoms with van der Waals surface area (Å²) >= 11 is 0. The highest BCUT2D eigenvalue weighted by Crippen LogP contribution is 2.32. The molecule has 0 aliphatic carbocycles. The molecule has 1 atom stereocenters. The largest absolute Gasteiger partial charge is 0.478 e. The van der Waals surface area contributed by atoms with Crippen LogP contribution < -0.4 is 11.1 Å². The van der Waals surface area contributed by atoms with Gasteiger partial charge in [-0.15, -0.1) is 0 Å². The molecule has 2 heterocycles. The van der Waals surface area contributed by atoms with Crippen LogP contribution >= 0.6 is 0 Å². The van der Waals surface area contributed by atoms with Crippen LogP contribution in [0, 0.1) is 6.92 Å². The second-order valence-electron chi connectivity index (χ2n) is 7.90. The zero-order valence-corrected chi connectivity index (χ0v) is 19.3. The van der Waals surface area contributed by atoms with Crippen LogP contribution in [0.5, 0.6) is 0 Å². The number of aromatic carboxylic acids is 1. The maximum Gasteiger partial charge on any atom is 0.335 e. The zero-order valence-electron chi connectivity index (χ0n) is 18.5. The molecule has 0 bridgehead atoms. The summed E-state index contributed by atoms with van der Waals surface area (Å²) in [7, 11) is -3.70. The van der Waals surface area contributed by atoms with Crippen molar-refractivity contribution in [1.82, 2.24) is 14.9 Å². The highest BCUT2D eigenvalue weighted by Gasteiger charge is 2.30. The van der Waals surface area contributed by atoms with E-state index in [9.17, 15) is 22.7 Å². The first-order chi connectivity index (χ1) is 16.2. The molecule has 0 spiro atoms. The van der Waals surface area contributed by atoms with Crippen molar-refractivity contribution in [2.45, 2.75) is 23.8 Å². The van der Waals surface area contributed by atoms with Gasteiger partial charge in [0.25, 0.3) is 0 Å². The average molecular weight is 489 g/mol. The van der Waals surface area contributed by atoms with Gasteiger partial charge in [-0.25, -0.2) is 22.6 Å². The molecule has 180 valence electrons. The number of carbonyl (C=O) groups is 1. The van der Waals surface area contributed by atoms with Gasteiger partial charge in [-0.1, -0.05) is 12.1 Å². The van der Waals surface area contributed by atoms with E-state index < -0.39 is 27.1 Å². The Kier molecular flexibility index (Phi) is 6.80. The Morgan fingerprint density at radius 3 is 2.71 bits per heavy atom. The Hall–Kier alpha value is -3.12. The monoisotopic (exact) mass is 488 g/mol. The van der Waals surface area contributed by atoms with Gasteiger partial charge in [-0.05, 0) is 42.8 Å². The Bertz CT molecular complexity index is 1360. The van der Waals surface area contributed by atoms with Crippen LogP contribution in [-0.4, -0.2) is 60.7 Å². The lowest BCUT2D eigenvalue weighted by atomic mass is 10.0. The molecule has 9 nitrogen and oxygen atoms in total. The van der Waals surface area contributed by atoms with Crippen LogP contribution in [0.1, 0.15) is 16.2 Å². The smallest absolute Gasteiger partial charge is 0.335 e. The molecule has 1 unspecified atom stereocenters. The average Bonchev–Trinajstić information content (AvgIpc) is 3.14. The number of morpholine rings is 1. The van der Waals surface area contributed by atoms with Crippen molar-refractivity contribution < 1.29 is 27.4 Å². The van der Waals surface area contributed by atoms with Gasteiger partial charge in [-0.2, -0.15) is 0 Å². The molecule has 34 heavy (non-hydrogen) atoms. The number of aryl methyl sites for hydroxylation is 1. The fourth-order valence-corrected chi connectivity index (χ4v) is 5.37. The molecular formula is C23H25FN4O5S. The number of nitrogens with zero attached hydrogens (tertiary/aromatic N) is 2. The van der Waals surface area contributed by atoms with Crippen LogP contribution in [0.25, 0.3) is 22.2 Å². The second kappa shape index (κ2) is 9.63. The van der Waals surface area contributed by atoms with Crippen LogP contribution in [0.2, 0.25) is 0 Å².